The summed E-state index contributed by atoms with van der Waals surface area (Å²) in [4.78, 5) is 15.7. The molecule has 7 heteroatoms. The first-order valence-corrected chi connectivity index (χ1v) is 7.05. The summed E-state index contributed by atoms with van der Waals surface area (Å²) in [7, 11) is 1.23. The Bertz CT molecular complexity index is 523. The van der Waals surface area contributed by atoms with Gasteiger partial charge in [0.15, 0.2) is 0 Å². The van der Waals surface area contributed by atoms with Gasteiger partial charge in [-0.1, -0.05) is 30.1 Å². The zero-order valence-electron chi connectivity index (χ0n) is 10.4. The third kappa shape index (κ3) is 4.23. The molecule has 1 aromatic heterocycles. The Labute approximate surface area is 125 Å². The molecule has 0 aromatic carbocycles. The van der Waals surface area contributed by atoms with Gasteiger partial charge in [-0.05, 0) is 12.5 Å². The monoisotopic (exact) mass is 321 g/mol. The number of aliphatic hydroxyl groups is 1. The molecule has 0 saturated heterocycles. The van der Waals surface area contributed by atoms with Crippen LogP contribution in [0.1, 0.15) is 18.9 Å². The van der Waals surface area contributed by atoms with Gasteiger partial charge in [-0.25, -0.2) is 4.79 Å². The van der Waals surface area contributed by atoms with Crippen molar-refractivity contribution in [2.24, 2.45) is 4.99 Å². The molecule has 0 saturated carbocycles. The molecular weight excluding hydrogens is 309 g/mol. The number of methoxy groups -OCH3 is 1. The molecule has 104 valence electrons. The van der Waals surface area contributed by atoms with Crippen LogP contribution < -0.4 is 0 Å². The Morgan fingerprint density at radius 3 is 2.74 bits per heavy atom. The number of aliphatic hydroxyl groups excluding tert-OH is 1. The van der Waals surface area contributed by atoms with Crippen molar-refractivity contribution < 1.29 is 14.6 Å². The van der Waals surface area contributed by atoms with Crippen LogP contribution in [-0.4, -0.2) is 30.9 Å². The highest BCUT2D eigenvalue weighted by molar-refractivity contribution is 7.20. The molecule has 0 fully saturated rings. The average Bonchev–Trinajstić information content (AvgIpc) is 2.72. The summed E-state index contributed by atoms with van der Waals surface area (Å²) in [5.74, 6) is -0.976. The van der Waals surface area contributed by atoms with E-state index in [-0.39, 0.29) is 11.3 Å². The third-order valence-corrected chi connectivity index (χ3v) is 3.63. The van der Waals surface area contributed by atoms with Crippen molar-refractivity contribution in [3.05, 3.63) is 25.9 Å². The lowest BCUT2D eigenvalue weighted by Gasteiger charge is -2.04. The SMILES string of the molecule is CCCN=C/C(C(=O)OC)=C(\O)c1cc(Cl)sc1Cl. The van der Waals surface area contributed by atoms with Crippen LogP contribution in [-0.2, 0) is 9.53 Å². The summed E-state index contributed by atoms with van der Waals surface area (Å²) in [6.45, 7) is 2.50. The molecule has 1 aromatic rings. The minimum atomic E-state index is -0.684. The van der Waals surface area contributed by atoms with Crippen molar-refractivity contribution in [2.45, 2.75) is 13.3 Å². The Kier molecular flexibility index (Phi) is 6.34. The first-order valence-electron chi connectivity index (χ1n) is 5.47. The second-order valence-corrected chi connectivity index (χ2v) is 5.81. The van der Waals surface area contributed by atoms with Crippen molar-refractivity contribution in [3.63, 3.8) is 0 Å². The van der Waals surface area contributed by atoms with Gasteiger partial charge in [0.25, 0.3) is 0 Å². The van der Waals surface area contributed by atoms with Crippen molar-refractivity contribution in [2.75, 3.05) is 13.7 Å². The normalized spacial score (nSPS) is 12.6. The molecule has 19 heavy (non-hydrogen) atoms. The molecule has 0 aliphatic rings. The Balaban J connectivity index is 3.23. The molecule has 1 rings (SSSR count). The van der Waals surface area contributed by atoms with E-state index in [1.165, 1.54) is 19.4 Å². The van der Waals surface area contributed by atoms with Gasteiger partial charge in [-0.15, -0.1) is 11.3 Å². The van der Waals surface area contributed by atoms with Crippen LogP contribution in [0.15, 0.2) is 16.6 Å². The van der Waals surface area contributed by atoms with E-state index in [1.54, 1.807) is 0 Å². The van der Waals surface area contributed by atoms with Crippen molar-refractivity contribution in [1.82, 2.24) is 0 Å². The first kappa shape index (κ1) is 16.0. The lowest BCUT2D eigenvalue weighted by Crippen LogP contribution is -2.09. The maximum Gasteiger partial charge on any atom is 0.343 e. The molecule has 0 aliphatic carbocycles. The zero-order chi connectivity index (χ0) is 14.4. The Morgan fingerprint density at radius 1 is 1.58 bits per heavy atom. The van der Waals surface area contributed by atoms with Crippen LogP contribution in [0.5, 0.6) is 0 Å². The predicted octanol–water partition coefficient (Wildman–Crippen LogP) is 3.98. The summed E-state index contributed by atoms with van der Waals surface area (Å²) in [6, 6.07) is 1.49. The van der Waals surface area contributed by atoms with Crippen molar-refractivity contribution >= 4 is 52.5 Å². The summed E-state index contributed by atoms with van der Waals surface area (Å²) >= 11 is 12.8. The van der Waals surface area contributed by atoms with Gasteiger partial charge in [0.05, 0.1) is 11.4 Å². The number of rotatable bonds is 5. The molecule has 0 aliphatic heterocycles. The van der Waals surface area contributed by atoms with Crippen LogP contribution in [0, 0.1) is 0 Å². The van der Waals surface area contributed by atoms with Gasteiger partial charge in [0.1, 0.15) is 15.7 Å². The third-order valence-electron chi connectivity index (χ3n) is 2.15. The molecule has 0 radical (unpaired) electrons. The highest BCUT2D eigenvalue weighted by atomic mass is 35.5. The van der Waals surface area contributed by atoms with E-state index >= 15 is 0 Å². The van der Waals surface area contributed by atoms with Gasteiger partial charge in [0, 0.05) is 18.3 Å². The largest absolute Gasteiger partial charge is 0.506 e. The van der Waals surface area contributed by atoms with Gasteiger partial charge in [0.2, 0.25) is 0 Å². The Morgan fingerprint density at radius 2 is 2.26 bits per heavy atom. The Hall–Kier alpha value is -1.04. The number of aliphatic imine (C=N–C) groups is 1. The first-order chi connectivity index (χ1) is 9.01. The summed E-state index contributed by atoms with van der Waals surface area (Å²) in [5.41, 5.74) is 0.243. The van der Waals surface area contributed by atoms with Gasteiger partial charge in [-0.2, -0.15) is 0 Å². The lowest BCUT2D eigenvalue weighted by molar-refractivity contribution is -0.135. The average molecular weight is 322 g/mol. The fourth-order valence-corrected chi connectivity index (χ4v) is 2.72. The van der Waals surface area contributed by atoms with Crippen LogP contribution in [0.2, 0.25) is 8.67 Å². The number of ether oxygens (including phenoxy) is 1. The number of carbonyl (C=O) groups is 1. The number of carbonyl (C=O) groups excluding carboxylic acids is 1. The number of esters is 1. The van der Waals surface area contributed by atoms with Gasteiger partial charge >= 0.3 is 5.97 Å². The lowest BCUT2D eigenvalue weighted by atomic mass is 10.1. The highest BCUT2D eigenvalue weighted by Crippen LogP contribution is 2.35. The van der Waals surface area contributed by atoms with Crippen molar-refractivity contribution in [3.8, 4) is 0 Å². The zero-order valence-corrected chi connectivity index (χ0v) is 12.8. The van der Waals surface area contributed by atoms with E-state index in [9.17, 15) is 9.90 Å². The summed E-state index contributed by atoms with van der Waals surface area (Å²) < 4.78 is 5.33. The van der Waals surface area contributed by atoms with Crippen LogP contribution >= 0.6 is 34.5 Å². The van der Waals surface area contributed by atoms with Crippen LogP contribution in [0.3, 0.4) is 0 Å². The maximum atomic E-state index is 11.6. The second-order valence-electron chi connectivity index (χ2n) is 3.53. The van der Waals surface area contributed by atoms with Crippen molar-refractivity contribution in [1.29, 1.82) is 0 Å². The quantitative estimate of drug-likeness (QED) is 0.386. The van der Waals surface area contributed by atoms with E-state index in [0.717, 1.165) is 17.8 Å². The van der Waals surface area contributed by atoms with Gasteiger partial charge < -0.3 is 9.84 Å². The van der Waals surface area contributed by atoms with E-state index in [4.69, 9.17) is 23.2 Å². The highest BCUT2D eigenvalue weighted by Gasteiger charge is 2.19. The van der Waals surface area contributed by atoms with Gasteiger partial charge in [-0.3, -0.25) is 4.99 Å². The molecule has 0 amide bonds. The van der Waals surface area contributed by atoms with E-state index < -0.39 is 5.97 Å². The molecule has 4 nitrogen and oxygen atoms in total. The number of halogens is 2. The topological polar surface area (TPSA) is 58.9 Å². The second kappa shape index (κ2) is 7.53. The predicted molar refractivity (Wildman–Crippen MR) is 79.6 cm³/mol. The number of thiophene rings is 1. The molecule has 0 atom stereocenters. The molecule has 0 unspecified atom stereocenters. The molecule has 1 heterocycles. The van der Waals surface area contributed by atoms with E-state index in [1.807, 2.05) is 6.92 Å². The van der Waals surface area contributed by atoms with Crippen LogP contribution in [0.25, 0.3) is 5.76 Å². The smallest absolute Gasteiger partial charge is 0.343 e. The number of nitrogens with zero attached hydrogens (tertiary/aromatic N) is 1. The fourth-order valence-electron chi connectivity index (χ4n) is 1.25. The number of hydrogen-bond donors (Lipinski definition) is 1. The van der Waals surface area contributed by atoms with Crippen LogP contribution in [0.4, 0.5) is 0 Å². The molecular formula is C12H13Cl2NO3S. The minimum Gasteiger partial charge on any atom is -0.506 e. The minimum absolute atomic E-state index is 0.0488. The summed E-state index contributed by atoms with van der Waals surface area (Å²) in [5, 5.41) is 10.1. The molecule has 0 spiro atoms. The molecule has 1 N–H and O–H groups in total. The van der Waals surface area contributed by atoms with E-state index in [2.05, 4.69) is 9.73 Å². The molecule has 0 bridgehead atoms. The maximum absolute atomic E-state index is 11.6. The summed E-state index contributed by atoms with van der Waals surface area (Å²) in [6.07, 6.45) is 2.11. The standard InChI is InChI=1S/C12H13Cl2NO3S/c1-3-4-15-6-8(12(17)18-2)10(16)7-5-9(13)19-11(7)14/h5-6,16H,3-4H2,1-2H3/b10-8+,15-6?. The number of hydrogen-bond acceptors (Lipinski definition) is 5. The van der Waals surface area contributed by atoms with E-state index in [0.29, 0.717) is 20.8 Å². The fraction of sp³-hybridized carbons (Fsp3) is 0.333.